The SMILES string of the molecule is COc1ccc(OC)c(N(CC(=O)NCCCN2CCCCC2)S(=O)(=O)c2ccccc2)c1. The first kappa shape index (κ1) is 24.9. The Kier molecular flexibility index (Phi) is 8.96. The van der Waals surface area contributed by atoms with Gasteiger partial charge >= 0.3 is 0 Å². The molecular formula is C24H33N3O5S. The highest BCUT2D eigenvalue weighted by Gasteiger charge is 2.29. The number of carbonyl (C=O) groups excluding carboxylic acids is 1. The maximum atomic E-state index is 13.5. The topological polar surface area (TPSA) is 88.2 Å². The Morgan fingerprint density at radius 3 is 2.42 bits per heavy atom. The highest BCUT2D eigenvalue weighted by atomic mass is 32.2. The Balaban J connectivity index is 1.77. The standard InChI is InChI=1S/C24H33N3O5S/c1-31-20-12-13-23(32-2)22(18-20)27(33(29,30)21-10-5-3-6-11-21)19-24(28)25-14-9-17-26-15-7-4-8-16-26/h3,5-6,10-13,18H,4,7-9,14-17,19H2,1-2H3,(H,25,28). The number of carbonyl (C=O) groups is 1. The maximum absolute atomic E-state index is 13.5. The predicted octanol–water partition coefficient (Wildman–Crippen LogP) is 2.89. The summed E-state index contributed by atoms with van der Waals surface area (Å²) >= 11 is 0. The van der Waals surface area contributed by atoms with E-state index in [0.29, 0.717) is 18.0 Å². The van der Waals surface area contributed by atoms with Crippen LogP contribution >= 0.6 is 0 Å². The second kappa shape index (κ2) is 11.9. The molecule has 8 nitrogen and oxygen atoms in total. The zero-order valence-electron chi connectivity index (χ0n) is 19.3. The Morgan fingerprint density at radius 2 is 1.76 bits per heavy atom. The first-order valence-corrected chi connectivity index (χ1v) is 12.7. The number of nitrogens with one attached hydrogen (secondary N) is 1. The minimum atomic E-state index is -4.03. The second-order valence-electron chi connectivity index (χ2n) is 7.97. The van der Waals surface area contributed by atoms with E-state index < -0.39 is 10.0 Å². The number of methoxy groups -OCH3 is 2. The molecule has 0 saturated carbocycles. The fourth-order valence-corrected chi connectivity index (χ4v) is 5.36. The van der Waals surface area contributed by atoms with Crippen LogP contribution in [-0.2, 0) is 14.8 Å². The van der Waals surface area contributed by atoms with Crippen molar-refractivity contribution in [3.05, 3.63) is 48.5 Å². The zero-order chi connectivity index (χ0) is 23.7. The molecule has 1 fully saturated rings. The minimum Gasteiger partial charge on any atom is -0.497 e. The van der Waals surface area contributed by atoms with Crippen molar-refractivity contribution in [3.8, 4) is 11.5 Å². The Hall–Kier alpha value is -2.78. The normalized spacial score (nSPS) is 14.5. The summed E-state index contributed by atoms with van der Waals surface area (Å²) in [5.41, 5.74) is 0.240. The molecule has 1 amide bonds. The molecule has 1 heterocycles. The number of hydrogen-bond donors (Lipinski definition) is 1. The summed E-state index contributed by atoms with van der Waals surface area (Å²) in [6.45, 7) is 3.25. The van der Waals surface area contributed by atoms with Crippen LogP contribution < -0.4 is 19.1 Å². The number of amides is 1. The fraction of sp³-hybridized carbons (Fsp3) is 0.458. The third-order valence-corrected chi connectivity index (χ3v) is 7.47. The number of anilines is 1. The smallest absolute Gasteiger partial charge is 0.264 e. The van der Waals surface area contributed by atoms with Crippen LogP contribution in [0.5, 0.6) is 11.5 Å². The van der Waals surface area contributed by atoms with Gasteiger partial charge in [-0.1, -0.05) is 24.6 Å². The molecule has 1 aliphatic heterocycles. The Morgan fingerprint density at radius 1 is 1.03 bits per heavy atom. The van der Waals surface area contributed by atoms with Gasteiger partial charge in [0.25, 0.3) is 10.0 Å². The summed E-state index contributed by atoms with van der Waals surface area (Å²) in [5.74, 6) is 0.409. The molecule has 0 radical (unpaired) electrons. The number of piperidine rings is 1. The molecule has 0 aromatic heterocycles. The largest absolute Gasteiger partial charge is 0.497 e. The van der Waals surface area contributed by atoms with Gasteiger partial charge in [-0.25, -0.2) is 8.42 Å². The molecule has 1 saturated heterocycles. The lowest BCUT2D eigenvalue weighted by Gasteiger charge is -2.27. The van der Waals surface area contributed by atoms with Crippen molar-refractivity contribution in [3.63, 3.8) is 0 Å². The monoisotopic (exact) mass is 475 g/mol. The van der Waals surface area contributed by atoms with Gasteiger partial charge in [0.15, 0.2) is 0 Å². The van der Waals surface area contributed by atoms with Gasteiger partial charge in [0.1, 0.15) is 18.0 Å². The van der Waals surface area contributed by atoms with Crippen LogP contribution in [0.4, 0.5) is 5.69 Å². The summed E-state index contributed by atoms with van der Waals surface area (Å²) in [5, 5.41) is 2.87. The second-order valence-corrected chi connectivity index (χ2v) is 9.83. The highest BCUT2D eigenvalue weighted by Crippen LogP contribution is 2.35. The molecule has 0 aliphatic carbocycles. The molecule has 2 aromatic rings. The lowest BCUT2D eigenvalue weighted by Crippen LogP contribution is -2.42. The number of likely N-dealkylation sites (tertiary alicyclic amines) is 1. The molecule has 9 heteroatoms. The maximum Gasteiger partial charge on any atom is 0.264 e. The molecule has 0 unspecified atom stereocenters. The van der Waals surface area contributed by atoms with Crippen LogP contribution in [0.1, 0.15) is 25.7 Å². The molecule has 180 valence electrons. The van der Waals surface area contributed by atoms with Crippen molar-refractivity contribution in [2.24, 2.45) is 0 Å². The highest BCUT2D eigenvalue weighted by molar-refractivity contribution is 7.92. The van der Waals surface area contributed by atoms with Crippen LogP contribution in [-0.4, -0.2) is 66.2 Å². The van der Waals surface area contributed by atoms with E-state index in [-0.39, 0.29) is 23.0 Å². The Bertz CT molecular complexity index is 1010. The first-order chi connectivity index (χ1) is 16.0. The molecule has 33 heavy (non-hydrogen) atoms. The lowest BCUT2D eigenvalue weighted by atomic mass is 10.1. The van der Waals surface area contributed by atoms with E-state index in [1.807, 2.05) is 0 Å². The van der Waals surface area contributed by atoms with Crippen LogP contribution in [0.15, 0.2) is 53.4 Å². The van der Waals surface area contributed by atoms with Crippen molar-refractivity contribution in [2.45, 2.75) is 30.6 Å². The third kappa shape index (κ3) is 6.61. The molecule has 3 rings (SSSR count). The number of sulfonamides is 1. The molecule has 2 aromatic carbocycles. The van der Waals surface area contributed by atoms with Crippen LogP contribution in [0.2, 0.25) is 0 Å². The average molecular weight is 476 g/mol. The van der Waals surface area contributed by atoms with E-state index in [2.05, 4.69) is 10.2 Å². The summed E-state index contributed by atoms with van der Waals surface area (Å²) in [7, 11) is -1.07. The Labute approximate surface area is 196 Å². The summed E-state index contributed by atoms with van der Waals surface area (Å²) in [6, 6.07) is 12.9. The quantitative estimate of drug-likeness (QED) is 0.503. The summed E-state index contributed by atoms with van der Waals surface area (Å²) < 4.78 is 38.8. The molecule has 1 aliphatic rings. The zero-order valence-corrected chi connectivity index (χ0v) is 20.1. The van der Waals surface area contributed by atoms with Gasteiger partial charge in [0.2, 0.25) is 5.91 Å². The van der Waals surface area contributed by atoms with E-state index in [4.69, 9.17) is 9.47 Å². The molecule has 0 spiro atoms. The van der Waals surface area contributed by atoms with Crippen molar-refractivity contribution in [1.29, 1.82) is 0 Å². The minimum absolute atomic E-state index is 0.0905. The van der Waals surface area contributed by atoms with Crippen LogP contribution in [0, 0.1) is 0 Å². The van der Waals surface area contributed by atoms with Crippen molar-refractivity contribution >= 4 is 21.6 Å². The molecular weight excluding hydrogens is 442 g/mol. The predicted molar refractivity (Wildman–Crippen MR) is 128 cm³/mol. The van der Waals surface area contributed by atoms with E-state index >= 15 is 0 Å². The van der Waals surface area contributed by atoms with Gasteiger partial charge < -0.3 is 19.7 Å². The number of rotatable bonds is 11. The third-order valence-electron chi connectivity index (χ3n) is 5.70. The van der Waals surface area contributed by atoms with Crippen LogP contribution in [0.25, 0.3) is 0 Å². The molecule has 1 N–H and O–H groups in total. The van der Waals surface area contributed by atoms with Gasteiger partial charge in [-0.3, -0.25) is 9.10 Å². The van der Waals surface area contributed by atoms with Gasteiger partial charge in [-0.05, 0) is 63.2 Å². The fourth-order valence-electron chi connectivity index (χ4n) is 3.91. The van der Waals surface area contributed by atoms with Gasteiger partial charge in [0.05, 0.1) is 24.8 Å². The van der Waals surface area contributed by atoms with Crippen molar-refractivity contribution < 1.29 is 22.7 Å². The molecule has 0 bridgehead atoms. The van der Waals surface area contributed by atoms with Crippen LogP contribution in [0.3, 0.4) is 0 Å². The van der Waals surface area contributed by atoms with Gasteiger partial charge in [-0.2, -0.15) is 0 Å². The first-order valence-electron chi connectivity index (χ1n) is 11.2. The van der Waals surface area contributed by atoms with Crippen molar-refractivity contribution in [1.82, 2.24) is 10.2 Å². The van der Waals surface area contributed by atoms with E-state index in [1.54, 1.807) is 36.4 Å². The number of benzene rings is 2. The summed E-state index contributed by atoms with van der Waals surface area (Å²) in [4.78, 5) is 15.3. The van der Waals surface area contributed by atoms with Gasteiger partial charge in [-0.15, -0.1) is 0 Å². The van der Waals surface area contributed by atoms with Gasteiger partial charge in [0, 0.05) is 12.6 Å². The molecule has 0 atom stereocenters. The number of hydrogen-bond acceptors (Lipinski definition) is 6. The number of nitrogens with zero attached hydrogens (tertiary/aromatic N) is 2. The average Bonchev–Trinajstić information content (AvgIpc) is 2.86. The van der Waals surface area contributed by atoms with E-state index in [0.717, 1.165) is 30.4 Å². The lowest BCUT2D eigenvalue weighted by molar-refractivity contribution is -0.119. The number of ether oxygens (including phenoxy) is 2. The summed E-state index contributed by atoms with van der Waals surface area (Å²) in [6.07, 6.45) is 4.55. The van der Waals surface area contributed by atoms with E-state index in [9.17, 15) is 13.2 Å². The van der Waals surface area contributed by atoms with Crippen molar-refractivity contribution in [2.75, 3.05) is 51.2 Å². The van der Waals surface area contributed by atoms with E-state index in [1.165, 1.54) is 45.6 Å².